The molecule has 1 atom stereocenters. The highest BCUT2D eigenvalue weighted by Gasteiger charge is 2.25. The normalized spacial score (nSPS) is 19.5. The van der Waals surface area contributed by atoms with Crippen LogP contribution in [0.25, 0.3) is 0 Å². The van der Waals surface area contributed by atoms with Gasteiger partial charge in [-0.1, -0.05) is 0 Å². The minimum Gasteiger partial charge on any atom is -0.506 e. The lowest BCUT2D eigenvalue weighted by molar-refractivity contribution is 0.190. The van der Waals surface area contributed by atoms with Crippen molar-refractivity contribution in [2.75, 3.05) is 13.1 Å². The molecule has 0 aliphatic carbocycles. The van der Waals surface area contributed by atoms with Crippen molar-refractivity contribution >= 4 is 0 Å². The Morgan fingerprint density at radius 1 is 1.36 bits per heavy atom. The molecule has 118 valence electrons. The molecule has 0 aromatic carbocycles. The maximum absolute atomic E-state index is 9.98. The molecule has 22 heavy (non-hydrogen) atoms. The first-order valence-electron chi connectivity index (χ1n) is 7.93. The second-order valence-corrected chi connectivity index (χ2v) is 5.97. The van der Waals surface area contributed by atoms with Crippen molar-refractivity contribution in [3.8, 4) is 5.75 Å². The van der Waals surface area contributed by atoms with E-state index >= 15 is 0 Å². The zero-order valence-corrected chi connectivity index (χ0v) is 13.2. The maximum atomic E-state index is 9.98. The number of hydrogen-bond acceptors (Lipinski definition) is 5. The van der Waals surface area contributed by atoms with Gasteiger partial charge in [0.25, 0.3) is 0 Å². The number of rotatable bonds is 4. The summed E-state index contributed by atoms with van der Waals surface area (Å²) in [5.74, 6) is 1.77. The van der Waals surface area contributed by atoms with E-state index in [0.29, 0.717) is 12.5 Å². The molecule has 0 bridgehead atoms. The number of aromatic hydroxyl groups is 1. The zero-order valence-electron chi connectivity index (χ0n) is 13.2. The molecular formula is C16H23N5O. The molecule has 1 unspecified atom stereocenters. The number of pyridine rings is 1. The first-order valence-corrected chi connectivity index (χ1v) is 7.93. The number of aryl methyl sites for hydroxylation is 2. The van der Waals surface area contributed by atoms with Gasteiger partial charge < -0.3 is 9.67 Å². The molecule has 3 heterocycles. The average molecular weight is 301 g/mol. The molecule has 0 amide bonds. The summed E-state index contributed by atoms with van der Waals surface area (Å²) in [6.45, 7) is 7.62. The molecule has 2 aromatic rings. The SMILES string of the molecule is CCn1cnnc1C1CCCN(Cc2nc(C)ccc2O)C1. The maximum Gasteiger partial charge on any atom is 0.138 e. The average Bonchev–Trinajstić information content (AvgIpc) is 3.00. The summed E-state index contributed by atoms with van der Waals surface area (Å²) in [7, 11) is 0. The van der Waals surface area contributed by atoms with Gasteiger partial charge in [-0.15, -0.1) is 10.2 Å². The van der Waals surface area contributed by atoms with E-state index in [2.05, 4.69) is 31.6 Å². The van der Waals surface area contributed by atoms with E-state index < -0.39 is 0 Å². The summed E-state index contributed by atoms with van der Waals surface area (Å²) in [4.78, 5) is 6.82. The Morgan fingerprint density at radius 3 is 3.05 bits per heavy atom. The van der Waals surface area contributed by atoms with Crippen molar-refractivity contribution in [2.45, 2.75) is 45.7 Å². The van der Waals surface area contributed by atoms with Crippen molar-refractivity contribution in [3.05, 3.63) is 35.7 Å². The lowest BCUT2D eigenvalue weighted by atomic mass is 9.97. The minimum atomic E-state index is 0.282. The summed E-state index contributed by atoms with van der Waals surface area (Å²) in [5.41, 5.74) is 1.70. The van der Waals surface area contributed by atoms with Crippen LogP contribution in [0.1, 0.15) is 42.9 Å². The molecule has 0 saturated carbocycles. The van der Waals surface area contributed by atoms with E-state index in [1.165, 1.54) is 0 Å². The predicted molar refractivity (Wildman–Crippen MR) is 83.6 cm³/mol. The standard InChI is InChI=1S/C16H23N5O/c1-3-21-11-17-19-16(21)13-5-4-8-20(9-13)10-14-15(22)7-6-12(2)18-14/h6-7,11,13,22H,3-5,8-10H2,1-2H3. The largest absolute Gasteiger partial charge is 0.506 e. The van der Waals surface area contributed by atoms with Crippen LogP contribution in [0.4, 0.5) is 0 Å². The first kappa shape index (κ1) is 15.0. The molecule has 1 aliphatic heterocycles. The van der Waals surface area contributed by atoms with Crippen LogP contribution in [-0.4, -0.2) is 42.8 Å². The summed E-state index contributed by atoms with van der Waals surface area (Å²) in [6, 6.07) is 3.56. The van der Waals surface area contributed by atoms with Gasteiger partial charge in [0.05, 0.1) is 5.69 Å². The van der Waals surface area contributed by atoms with Crippen molar-refractivity contribution < 1.29 is 5.11 Å². The zero-order chi connectivity index (χ0) is 15.5. The van der Waals surface area contributed by atoms with E-state index in [0.717, 1.165) is 49.7 Å². The Kier molecular flexibility index (Phi) is 4.38. The highest BCUT2D eigenvalue weighted by Crippen LogP contribution is 2.27. The first-order chi connectivity index (χ1) is 10.7. The van der Waals surface area contributed by atoms with E-state index in [1.807, 2.05) is 19.3 Å². The minimum absolute atomic E-state index is 0.282. The van der Waals surface area contributed by atoms with E-state index in [4.69, 9.17) is 0 Å². The van der Waals surface area contributed by atoms with Crippen molar-refractivity contribution in [1.29, 1.82) is 0 Å². The van der Waals surface area contributed by atoms with Crippen molar-refractivity contribution in [2.24, 2.45) is 0 Å². The van der Waals surface area contributed by atoms with Crippen LogP contribution in [0, 0.1) is 6.92 Å². The predicted octanol–water partition coefficient (Wildman–Crippen LogP) is 2.09. The molecule has 6 nitrogen and oxygen atoms in total. The quantitative estimate of drug-likeness (QED) is 0.936. The van der Waals surface area contributed by atoms with Gasteiger partial charge in [0.1, 0.15) is 17.9 Å². The molecule has 1 aliphatic rings. The smallest absolute Gasteiger partial charge is 0.138 e. The highest BCUT2D eigenvalue weighted by molar-refractivity contribution is 5.27. The van der Waals surface area contributed by atoms with E-state index in [9.17, 15) is 5.11 Å². The molecule has 0 radical (unpaired) electrons. The van der Waals surface area contributed by atoms with Crippen LogP contribution in [-0.2, 0) is 13.1 Å². The molecular weight excluding hydrogens is 278 g/mol. The third-order valence-corrected chi connectivity index (χ3v) is 4.32. The molecule has 1 saturated heterocycles. The number of hydrogen-bond donors (Lipinski definition) is 1. The van der Waals surface area contributed by atoms with Gasteiger partial charge in [0.2, 0.25) is 0 Å². The van der Waals surface area contributed by atoms with E-state index in [1.54, 1.807) is 6.07 Å². The fourth-order valence-corrected chi connectivity index (χ4v) is 3.16. The lowest BCUT2D eigenvalue weighted by Gasteiger charge is -2.32. The number of likely N-dealkylation sites (tertiary alicyclic amines) is 1. The van der Waals surface area contributed by atoms with Crippen LogP contribution in [0.5, 0.6) is 5.75 Å². The Bertz CT molecular complexity index is 639. The van der Waals surface area contributed by atoms with Gasteiger partial charge in [0, 0.05) is 31.2 Å². The Balaban J connectivity index is 1.72. The summed E-state index contributed by atoms with van der Waals surface area (Å²) in [6.07, 6.45) is 4.08. The number of nitrogens with zero attached hydrogens (tertiary/aromatic N) is 5. The van der Waals surface area contributed by atoms with Crippen molar-refractivity contribution in [1.82, 2.24) is 24.6 Å². The Labute approximate surface area is 130 Å². The highest BCUT2D eigenvalue weighted by atomic mass is 16.3. The van der Waals surface area contributed by atoms with Crippen LogP contribution in [0.2, 0.25) is 0 Å². The van der Waals surface area contributed by atoms with Gasteiger partial charge >= 0.3 is 0 Å². The lowest BCUT2D eigenvalue weighted by Crippen LogP contribution is -2.35. The molecule has 6 heteroatoms. The van der Waals surface area contributed by atoms with Gasteiger partial charge in [-0.2, -0.15) is 0 Å². The van der Waals surface area contributed by atoms with Gasteiger partial charge in [0.15, 0.2) is 0 Å². The molecule has 0 spiro atoms. The summed E-state index contributed by atoms with van der Waals surface area (Å²) >= 11 is 0. The van der Waals surface area contributed by atoms with Crippen LogP contribution < -0.4 is 0 Å². The van der Waals surface area contributed by atoms with Gasteiger partial charge in [-0.25, -0.2) is 0 Å². The van der Waals surface area contributed by atoms with Gasteiger partial charge in [-0.05, 0) is 45.4 Å². The monoisotopic (exact) mass is 301 g/mol. The van der Waals surface area contributed by atoms with Crippen molar-refractivity contribution in [3.63, 3.8) is 0 Å². The fourth-order valence-electron chi connectivity index (χ4n) is 3.16. The molecule has 3 rings (SSSR count). The summed E-state index contributed by atoms with van der Waals surface area (Å²) < 4.78 is 2.12. The van der Waals surface area contributed by atoms with Crippen LogP contribution in [0.3, 0.4) is 0 Å². The third-order valence-electron chi connectivity index (χ3n) is 4.32. The second kappa shape index (κ2) is 6.44. The molecule has 1 N–H and O–H groups in total. The topological polar surface area (TPSA) is 67.1 Å². The fraction of sp³-hybridized carbons (Fsp3) is 0.562. The number of piperidine rings is 1. The molecule has 2 aromatic heterocycles. The Hall–Kier alpha value is -1.95. The molecule has 1 fully saturated rings. The second-order valence-electron chi connectivity index (χ2n) is 5.97. The third kappa shape index (κ3) is 3.11. The van der Waals surface area contributed by atoms with Crippen LogP contribution >= 0.6 is 0 Å². The van der Waals surface area contributed by atoms with Crippen LogP contribution in [0.15, 0.2) is 18.5 Å². The van der Waals surface area contributed by atoms with Gasteiger partial charge in [-0.3, -0.25) is 9.88 Å². The Morgan fingerprint density at radius 2 is 2.23 bits per heavy atom. The van der Waals surface area contributed by atoms with E-state index in [-0.39, 0.29) is 5.75 Å². The summed E-state index contributed by atoms with van der Waals surface area (Å²) in [5, 5.41) is 18.3. The number of aromatic nitrogens is 4.